The molecule has 3 aromatic rings. The van der Waals surface area contributed by atoms with E-state index in [1.165, 1.54) is 16.9 Å². The molecule has 0 radical (unpaired) electrons. The van der Waals surface area contributed by atoms with Crippen molar-refractivity contribution in [2.24, 2.45) is 5.10 Å². The molecular formula is C21H21Cl2N3. The molecule has 1 N–H and O–H groups in total. The first-order valence-electron chi connectivity index (χ1n) is 8.43. The van der Waals surface area contributed by atoms with Crippen LogP contribution >= 0.6 is 23.2 Å². The third-order valence-corrected chi connectivity index (χ3v) is 5.15. The third-order valence-electron chi connectivity index (χ3n) is 4.44. The summed E-state index contributed by atoms with van der Waals surface area (Å²) >= 11 is 12.4. The molecule has 0 spiro atoms. The Morgan fingerprint density at radius 1 is 1.00 bits per heavy atom. The minimum atomic E-state index is 0.478. The lowest BCUT2D eigenvalue weighted by molar-refractivity contribution is 0.748. The summed E-state index contributed by atoms with van der Waals surface area (Å²) < 4.78 is 2.25. The molecule has 0 amide bonds. The van der Waals surface area contributed by atoms with E-state index in [2.05, 4.69) is 66.2 Å². The van der Waals surface area contributed by atoms with Crippen molar-refractivity contribution in [3.05, 3.63) is 86.7 Å². The minimum Gasteiger partial charge on any atom is -0.318 e. The quantitative estimate of drug-likeness (QED) is 0.434. The predicted molar refractivity (Wildman–Crippen MR) is 111 cm³/mol. The highest BCUT2D eigenvalue weighted by atomic mass is 35.5. The number of hydrazone groups is 1. The molecule has 0 aliphatic heterocycles. The van der Waals surface area contributed by atoms with Crippen molar-refractivity contribution in [2.75, 3.05) is 0 Å². The third kappa shape index (κ3) is 3.79. The topological polar surface area (TPSA) is 29.3 Å². The van der Waals surface area contributed by atoms with E-state index in [1.54, 1.807) is 0 Å². The van der Waals surface area contributed by atoms with Gasteiger partial charge in [-0.1, -0.05) is 47.5 Å². The molecule has 0 bridgehead atoms. The molecule has 2 aromatic carbocycles. The lowest BCUT2D eigenvalue weighted by atomic mass is 10.2. The van der Waals surface area contributed by atoms with E-state index in [1.807, 2.05) is 24.4 Å². The second-order valence-electron chi connectivity index (χ2n) is 6.24. The molecule has 0 unspecified atom stereocenters. The first-order chi connectivity index (χ1) is 12.5. The second kappa shape index (κ2) is 7.98. The SMILES string of the molecule is Cc1ccccc1-n1c(C)cc(/C=N\NCc2c(Cl)cccc2Cl)c1C. The average molecular weight is 386 g/mol. The minimum absolute atomic E-state index is 0.478. The Labute approximate surface area is 164 Å². The van der Waals surface area contributed by atoms with E-state index in [-0.39, 0.29) is 0 Å². The van der Waals surface area contributed by atoms with E-state index < -0.39 is 0 Å². The lowest BCUT2D eigenvalue weighted by Crippen LogP contribution is -2.07. The first kappa shape index (κ1) is 18.6. The van der Waals surface area contributed by atoms with Crippen LogP contribution in [0.4, 0.5) is 0 Å². The molecule has 1 heterocycles. The van der Waals surface area contributed by atoms with Crippen molar-refractivity contribution in [1.29, 1.82) is 0 Å². The van der Waals surface area contributed by atoms with Crippen LogP contribution < -0.4 is 5.43 Å². The van der Waals surface area contributed by atoms with E-state index in [0.29, 0.717) is 16.6 Å². The van der Waals surface area contributed by atoms with Crippen molar-refractivity contribution >= 4 is 29.4 Å². The van der Waals surface area contributed by atoms with Gasteiger partial charge in [-0.25, -0.2) is 0 Å². The van der Waals surface area contributed by atoms with Crippen LogP contribution in [0.1, 0.15) is 28.1 Å². The fraction of sp³-hybridized carbons (Fsp3) is 0.190. The molecule has 3 rings (SSSR count). The smallest absolute Gasteiger partial charge is 0.0609 e. The van der Waals surface area contributed by atoms with Crippen LogP contribution in [0.5, 0.6) is 0 Å². The molecule has 0 saturated heterocycles. The van der Waals surface area contributed by atoms with Gasteiger partial charge >= 0.3 is 0 Å². The number of aromatic nitrogens is 1. The van der Waals surface area contributed by atoms with Gasteiger partial charge in [0.25, 0.3) is 0 Å². The second-order valence-corrected chi connectivity index (χ2v) is 7.06. The molecule has 0 saturated carbocycles. The normalized spacial score (nSPS) is 11.3. The maximum Gasteiger partial charge on any atom is 0.0609 e. The number of hydrogen-bond donors (Lipinski definition) is 1. The molecule has 5 heteroatoms. The number of para-hydroxylation sites is 1. The molecular weight excluding hydrogens is 365 g/mol. The van der Waals surface area contributed by atoms with Gasteiger partial charge in [0.1, 0.15) is 0 Å². The number of hydrogen-bond acceptors (Lipinski definition) is 2. The highest BCUT2D eigenvalue weighted by molar-refractivity contribution is 6.35. The number of nitrogens with zero attached hydrogens (tertiary/aromatic N) is 2. The van der Waals surface area contributed by atoms with E-state index in [0.717, 1.165) is 16.8 Å². The Morgan fingerprint density at radius 2 is 1.69 bits per heavy atom. The van der Waals surface area contributed by atoms with Gasteiger partial charge in [-0.3, -0.25) is 0 Å². The summed E-state index contributed by atoms with van der Waals surface area (Å²) in [4.78, 5) is 0. The summed E-state index contributed by atoms with van der Waals surface area (Å²) in [6.07, 6.45) is 1.84. The van der Waals surface area contributed by atoms with Crippen molar-refractivity contribution < 1.29 is 0 Å². The standard InChI is InChI=1S/C21H21Cl2N3/c1-14-7-4-5-10-21(14)26-15(2)11-17(16(26)3)12-24-25-13-18-19(22)8-6-9-20(18)23/h4-12,25H,13H2,1-3H3/b24-12-. The van der Waals surface area contributed by atoms with Crippen LogP contribution in [0.3, 0.4) is 0 Å². The Bertz CT molecular complexity index is 938. The largest absolute Gasteiger partial charge is 0.318 e. The molecule has 1 aromatic heterocycles. The van der Waals surface area contributed by atoms with E-state index in [4.69, 9.17) is 23.2 Å². The van der Waals surface area contributed by atoms with Gasteiger partial charge in [0.15, 0.2) is 0 Å². The van der Waals surface area contributed by atoms with Gasteiger partial charge in [0, 0.05) is 38.2 Å². The molecule has 3 nitrogen and oxygen atoms in total. The van der Waals surface area contributed by atoms with Gasteiger partial charge in [-0.05, 0) is 50.6 Å². The first-order valence-corrected chi connectivity index (χ1v) is 9.18. The Morgan fingerprint density at radius 3 is 2.38 bits per heavy atom. The van der Waals surface area contributed by atoms with Crippen molar-refractivity contribution in [2.45, 2.75) is 27.3 Å². The van der Waals surface area contributed by atoms with E-state index >= 15 is 0 Å². The number of halogens is 2. The highest BCUT2D eigenvalue weighted by Gasteiger charge is 2.11. The maximum absolute atomic E-state index is 6.18. The van der Waals surface area contributed by atoms with Crippen LogP contribution in [0.25, 0.3) is 5.69 Å². The Kier molecular flexibility index (Phi) is 5.70. The molecule has 134 valence electrons. The van der Waals surface area contributed by atoms with Gasteiger partial charge < -0.3 is 9.99 Å². The zero-order valence-corrected chi connectivity index (χ0v) is 16.6. The number of benzene rings is 2. The lowest BCUT2D eigenvalue weighted by Gasteiger charge is -2.12. The van der Waals surface area contributed by atoms with Crippen LogP contribution in [0, 0.1) is 20.8 Å². The number of nitrogens with one attached hydrogen (secondary N) is 1. The van der Waals surface area contributed by atoms with Crippen molar-refractivity contribution in [3.63, 3.8) is 0 Å². The Hall–Kier alpha value is -2.23. The highest BCUT2D eigenvalue weighted by Crippen LogP contribution is 2.24. The predicted octanol–water partition coefficient (Wildman–Crippen LogP) is 5.83. The van der Waals surface area contributed by atoms with Crippen LogP contribution in [-0.4, -0.2) is 10.8 Å². The van der Waals surface area contributed by atoms with Crippen LogP contribution in [0.2, 0.25) is 10.0 Å². The summed E-state index contributed by atoms with van der Waals surface area (Å²) in [6, 6.07) is 16.0. The average Bonchev–Trinajstić information content (AvgIpc) is 2.88. The molecule has 0 aliphatic carbocycles. The van der Waals surface area contributed by atoms with Crippen molar-refractivity contribution in [1.82, 2.24) is 9.99 Å². The molecule has 0 aliphatic rings. The fourth-order valence-electron chi connectivity index (χ4n) is 3.04. The summed E-state index contributed by atoms with van der Waals surface area (Å²) in [7, 11) is 0. The number of aryl methyl sites for hydroxylation is 2. The van der Waals surface area contributed by atoms with Gasteiger partial charge in [0.2, 0.25) is 0 Å². The van der Waals surface area contributed by atoms with E-state index in [9.17, 15) is 0 Å². The molecule has 26 heavy (non-hydrogen) atoms. The summed E-state index contributed by atoms with van der Waals surface area (Å²) in [5.74, 6) is 0. The van der Waals surface area contributed by atoms with Gasteiger partial charge in [-0.2, -0.15) is 5.10 Å². The van der Waals surface area contributed by atoms with Gasteiger partial charge in [-0.15, -0.1) is 0 Å². The van der Waals surface area contributed by atoms with Crippen LogP contribution in [-0.2, 0) is 6.54 Å². The summed E-state index contributed by atoms with van der Waals surface area (Å²) in [5.41, 5.74) is 9.71. The summed E-state index contributed by atoms with van der Waals surface area (Å²) in [5, 5.41) is 5.62. The monoisotopic (exact) mass is 385 g/mol. The zero-order chi connectivity index (χ0) is 18.7. The fourth-order valence-corrected chi connectivity index (χ4v) is 3.58. The van der Waals surface area contributed by atoms with Gasteiger partial charge in [0.05, 0.1) is 12.8 Å². The molecule has 0 fully saturated rings. The van der Waals surface area contributed by atoms with Crippen LogP contribution in [0.15, 0.2) is 53.6 Å². The molecule has 0 atom stereocenters. The summed E-state index contributed by atoms with van der Waals surface area (Å²) in [6.45, 7) is 6.81. The zero-order valence-electron chi connectivity index (χ0n) is 15.1. The number of rotatable bonds is 5. The Balaban J connectivity index is 1.78. The van der Waals surface area contributed by atoms with Crippen molar-refractivity contribution in [3.8, 4) is 5.69 Å². The maximum atomic E-state index is 6.18.